The van der Waals surface area contributed by atoms with E-state index in [1.807, 2.05) is 0 Å². The van der Waals surface area contributed by atoms with E-state index in [0.29, 0.717) is 4.47 Å². The number of hydrogen-bond donors (Lipinski definition) is 0. The molecule has 0 aromatic heterocycles. The van der Waals surface area contributed by atoms with Crippen LogP contribution in [0.15, 0.2) is 62.4 Å². The van der Waals surface area contributed by atoms with Crippen LogP contribution in [0, 0.1) is 0 Å². The summed E-state index contributed by atoms with van der Waals surface area (Å²) in [6.07, 6.45) is 0. The lowest BCUT2D eigenvalue weighted by Crippen LogP contribution is -2.09. The third-order valence-electron chi connectivity index (χ3n) is 2.13. The summed E-state index contributed by atoms with van der Waals surface area (Å²) in [6, 6.07) is 13.0. The lowest BCUT2D eigenvalue weighted by atomic mass is 10.3. The molecule has 0 bridgehead atoms. The molecule has 0 aliphatic carbocycles. The van der Waals surface area contributed by atoms with Crippen LogP contribution < -0.4 is 4.18 Å². The molecule has 0 amide bonds. The molecular weight excluding hydrogens is 384 g/mol. The van der Waals surface area contributed by atoms with E-state index in [1.54, 1.807) is 36.4 Å². The third kappa shape index (κ3) is 3.13. The quantitative estimate of drug-likeness (QED) is 0.743. The number of rotatable bonds is 3. The maximum Gasteiger partial charge on any atom is 0.339 e. The lowest BCUT2D eigenvalue weighted by molar-refractivity contribution is 0.484. The maximum absolute atomic E-state index is 12.0. The van der Waals surface area contributed by atoms with E-state index in [0.717, 1.165) is 4.47 Å². The first-order chi connectivity index (χ1) is 8.49. The van der Waals surface area contributed by atoms with Gasteiger partial charge in [-0.3, -0.25) is 0 Å². The Balaban J connectivity index is 2.34. The minimum absolute atomic E-state index is 0.125. The molecule has 0 radical (unpaired) electrons. The van der Waals surface area contributed by atoms with Gasteiger partial charge in [-0.25, -0.2) is 0 Å². The van der Waals surface area contributed by atoms with Crippen molar-refractivity contribution in [3.8, 4) is 5.75 Å². The largest absolute Gasteiger partial charge is 0.378 e. The lowest BCUT2D eigenvalue weighted by Gasteiger charge is -2.08. The number of hydrogen-bond acceptors (Lipinski definition) is 3. The highest BCUT2D eigenvalue weighted by Gasteiger charge is 2.17. The number of halogens is 2. The fraction of sp³-hybridized carbons (Fsp3) is 0. The van der Waals surface area contributed by atoms with E-state index in [4.69, 9.17) is 4.18 Å². The molecule has 0 heterocycles. The minimum Gasteiger partial charge on any atom is -0.378 e. The van der Waals surface area contributed by atoms with Crippen LogP contribution in [-0.4, -0.2) is 8.42 Å². The van der Waals surface area contributed by atoms with Gasteiger partial charge in [0.2, 0.25) is 0 Å². The number of benzene rings is 2. The summed E-state index contributed by atoms with van der Waals surface area (Å²) >= 11 is 6.54. The zero-order valence-corrected chi connectivity index (χ0v) is 13.0. The van der Waals surface area contributed by atoms with Crippen LogP contribution in [0.4, 0.5) is 0 Å². The molecule has 18 heavy (non-hydrogen) atoms. The van der Waals surface area contributed by atoms with Gasteiger partial charge in [-0.1, -0.05) is 34.1 Å². The van der Waals surface area contributed by atoms with Crippen LogP contribution in [0.3, 0.4) is 0 Å². The average molecular weight is 392 g/mol. The molecule has 0 saturated heterocycles. The minimum atomic E-state index is -3.79. The van der Waals surface area contributed by atoms with Crippen LogP contribution in [0.25, 0.3) is 0 Å². The second kappa shape index (κ2) is 5.42. The van der Waals surface area contributed by atoms with Crippen LogP contribution in [0.1, 0.15) is 0 Å². The highest BCUT2D eigenvalue weighted by molar-refractivity contribution is 9.11. The summed E-state index contributed by atoms with van der Waals surface area (Å²) in [6.45, 7) is 0. The van der Waals surface area contributed by atoms with Gasteiger partial charge in [0.05, 0.1) is 4.47 Å². The molecule has 0 saturated carbocycles. The summed E-state index contributed by atoms with van der Waals surface area (Å²) in [5.74, 6) is 0.252. The molecule has 0 fully saturated rings. The Bertz CT molecular complexity index is 654. The fourth-order valence-corrected chi connectivity index (χ4v) is 3.50. The highest BCUT2D eigenvalue weighted by Crippen LogP contribution is 2.30. The van der Waals surface area contributed by atoms with Crippen molar-refractivity contribution < 1.29 is 12.6 Å². The van der Waals surface area contributed by atoms with Crippen LogP contribution in [-0.2, 0) is 10.1 Å². The standard InChI is InChI=1S/C12H8Br2O3S/c13-9-6-7-12(11(14)8-9)17-18(15,16)10-4-2-1-3-5-10/h1-8H. The van der Waals surface area contributed by atoms with Gasteiger partial charge in [0.15, 0.2) is 5.75 Å². The SMILES string of the molecule is O=S(=O)(Oc1ccc(Br)cc1Br)c1ccccc1. The van der Waals surface area contributed by atoms with Gasteiger partial charge >= 0.3 is 10.1 Å². The molecule has 0 unspecified atom stereocenters. The van der Waals surface area contributed by atoms with Gasteiger partial charge in [-0.05, 0) is 46.3 Å². The average Bonchev–Trinajstić information content (AvgIpc) is 2.34. The summed E-state index contributed by atoms with van der Waals surface area (Å²) in [7, 11) is -3.79. The smallest absolute Gasteiger partial charge is 0.339 e. The van der Waals surface area contributed by atoms with Gasteiger partial charge in [0.1, 0.15) is 4.90 Å². The topological polar surface area (TPSA) is 43.4 Å². The molecule has 0 atom stereocenters. The predicted octanol–water partition coefficient (Wildman–Crippen LogP) is 3.98. The molecule has 0 N–H and O–H groups in total. The molecule has 3 nitrogen and oxygen atoms in total. The second-order valence-electron chi connectivity index (χ2n) is 3.43. The maximum atomic E-state index is 12.0. The van der Waals surface area contributed by atoms with Crippen molar-refractivity contribution >= 4 is 42.0 Å². The van der Waals surface area contributed by atoms with E-state index in [2.05, 4.69) is 31.9 Å². The molecule has 0 spiro atoms. The Labute approximate surface area is 122 Å². The van der Waals surface area contributed by atoms with Crippen molar-refractivity contribution in [3.63, 3.8) is 0 Å². The fourth-order valence-electron chi connectivity index (χ4n) is 1.30. The van der Waals surface area contributed by atoms with E-state index < -0.39 is 10.1 Å². The molecule has 0 aliphatic rings. The van der Waals surface area contributed by atoms with Gasteiger partial charge in [-0.15, -0.1) is 0 Å². The second-order valence-corrected chi connectivity index (χ2v) is 6.74. The Morgan fingerprint density at radius 2 is 1.61 bits per heavy atom. The van der Waals surface area contributed by atoms with Crippen molar-refractivity contribution in [2.75, 3.05) is 0 Å². The van der Waals surface area contributed by atoms with E-state index in [9.17, 15) is 8.42 Å². The van der Waals surface area contributed by atoms with Crippen LogP contribution in [0.2, 0.25) is 0 Å². The molecule has 0 aliphatic heterocycles. The van der Waals surface area contributed by atoms with Crippen LogP contribution >= 0.6 is 31.9 Å². The first-order valence-electron chi connectivity index (χ1n) is 4.93. The van der Waals surface area contributed by atoms with Gasteiger partial charge in [0.25, 0.3) is 0 Å². The first-order valence-corrected chi connectivity index (χ1v) is 7.93. The van der Waals surface area contributed by atoms with Crippen molar-refractivity contribution in [3.05, 3.63) is 57.5 Å². The zero-order chi connectivity index (χ0) is 13.2. The van der Waals surface area contributed by atoms with Crippen molar-refractivity contribution in [2.24, 2.45) is 0 Å². The van der Waals surface area contributed by atoms with Crippen molar-refractivity contribution in [1.82, 2.24) is 0 Å². The van der Waals surface area contributed by atoms with Gasteiger partial charge in [0, 0.05) is 4.47 Å². The predicted molar refractivity (Wildman–Crippen MR) is 76.1 cm³/mol. The summed E-state index contributed by atoms with van der Waals surface area (Å²) < 4.78 is 30.4. The zero-order valence-electron chi connectivity index (χ0n) is 9.01. The first kappa shape index (κ1) is 13.6. The monoisotopic (exact) mass is 390 g/mol. The van der Waals surface area contributed by atoms with Gasteiger partial charge < -0.3 is 4.18 Å². The summed E-state index contributed by atoms with van der Waals surface area (Å²) in [4.78, 5) is 0.125. The molecule has 2 rings (SSSR count). The normalized spacial score (nSPS) is 11.2. The Morgan fingerprint density at radius 3 is 2.22 bits per heavy atom. The highest BCUT2D eigenvalue weighted by atomic mass is 79.9. The van der Waals surface area contributed by atoms with Gasteiger partial charge in [-0.2, -0.15) is 8.42 Å². The summed E-state index contributed by atoms with van der Waals surface area (Å²) in [5.41, 5.74) is 0. The van der Waals surface area contributed by atoms with Crippen molar-refractivity contribution in [1.29, 1.82) is 0 Å². The Morgan fingerprint density at radius 1 is 0.944 bits per heavy atom. The molecule has 94 valence electrons. The van der Waals surface area contributed by atoms with E-state index in [-0.39, 0.29) is 10.6 Å². The Hall–Kier alpha value is -0.850. The van der Waals surface area contributed by atoms with E-state index >= 15 is 0 Å². The molecule has 2 aromatic rings. The van der Waals surface area contributed by atoms with Crippen LogP contribution in [0.5, 0.6) is 5.75 Å². The Kier molecular flexibility index (Phi) is 4.09. The molecule has 6 heteroatoms. The molecule has 2 aromatic carbocycles. The third-order valence-corrected chi connectivity index (χ3v) is 4.49. The summed E-state index contributed by atoms with van der Waals surface area (Å²) in [5, 5.41) is 0. The molecular formula is C12H8Br2O3S. The van der Waals surface area contributed by atoms with E-state index in [1.165, 1.54) is 12.1 Å². The van der Waals surface area contributed by atoms with Crippen molar-refractivity contribution in [2.45, 2.75) is 4.90 Å².